The molecule has 0 spiro atoms. The average Bonchev–Trinajstić information content (AvgIpc) is 2.58. The smallest absolute Gasteiger partial charge is 0.239 e. The fourth-order valence-electron chi connectivity index (χ4n) is 3.27. The third kappa shape index (κ3) is 6.78. The highest BCUT2D eigenvalue weighted by Crippen LogP contribution is 2.23. The molecular formula is C19H30N2O3S. The van der Waals surface area contributed by atoms with Crippen LogP contribution in [0.3, 0.4) is 0 Å². The van der Waals surface area contributed by atoms with E-state index in [4.69, 9.17) is 5.73 Å². The van der Waals surface area contributed by atoms with Crippen LogP contribution in [-0.4, -0.2) is 50.4 Å². The van der Waals surface area contributed by atoms with Crippen molar-refractivity contribution in [2.45, 2.75) is 45.1 Å². The molecule has 6 heteroatoms. The lowest BCUT2D eigenvalue weighted by Crippen LogP contribution is -2.47. The average molecular weight is 367 g/mol. The summed E-state index contributed by atoms with van der Waals surface area (Å²) in [6.45, 7) is 3.55. The van der Waals surface area contributed by atoms with Gasteiger partial charge in [-0.3, -0.25) is 4.79 Å². The van der Waals surface area contributed by atoms with Crippen LogP contribution in [0.5, 0.6) is 0 Å². The number of aryl methyl sites for hydroxylation is 2. The third-order valence-electron chi connectivity index (χ3n) is 5.00. The summed E-state index contributed by atoms with van der Waals surface area (Å²) in [5.41, 5.74) is 8.53. The largest absolute Gasteiger partial charge is 0.341 e. The maximum atomic E-state index is 12.3. The van der Waals surface area contributed by atoms with E-state index in [1.807, 2.05) is 0 Å². The molecule has 1 saturated heterocycles. The van der Waals surface area contributed by atoms with Crippen LogP contribution in [0.1, 0.15) is 36.8 Å². The molecule has 5 nitrogen and oxygen atoms in total. The first-order chi connectivity index (χ1) is 11.7. The predicted octanol–water partition coefficient (Wildman–Crippen LogP) is 1.93. The zero-order valence-corrected chi connectivity index (χ0v) is 16.1. The van der Waals surface area contributed by atoms with Gasteiger partial charge in [0, 0.05) is 19.3 Å². The van der Waals surface area contributed by atoms with Crippen LogP contribution >= 0.6 is 0 Å². The molecule has 1 heterocycles. The van der Waals surface area contributed by atoms with Gasteiger partial charge in [-0.1, -0.05) is 29.8 Å². The number of hydrogen-bond acceptors (Lipinski definition) is 4. The van der Waals surface area contributed by atoms with Crippen molar-refractivity contribution < 1.29 is 13.2 Å². The quantitative estimate of drug-likeness (QED) is 0.799. The van der Waals surface area contributed by atoms with Gasteiger partial charge in [-0.25, -0.2) is 8.42 Å². The van der Waals surface area contributed by atoms with Crippen molar-refractivity contribution in [3.63, 3.8) is 0 Å². The first-order valence-corrected chi connectivity index (χ1v) is 11.1. The number of likely N-dealkylation sites (tertiary alicyclic amines) is 1. The molecule has 1 aromatic carbocycles. The highest BCUT2D eigenvalue weighted by atomic mass is 32.2. The molecule has 1 aliphatic rings. The number of carbonyl (C=O) groups is 1. The van der Waals surface area contributed by atoms with Gasteiger partial charge in [-0.15, -0.1) is 0 Å². The highest BCUT2D eigenvalue weighted by molar-refractivity contribution is 7.90. The van der Waals surface area contributed by atoms with Crippen molar-refractivity contribution in [1.82, 2.24) is 4.90 Å². The molecular weight excluding hydrogens is 336 g/mol. The molecule has 1 amide bonds. The summed E-state index contributed by atoms with van der Waals surface area (Å²) in [4.78, 5) is 14.1. The molecule has 1 aliphatic heterocycles. The van der Waals surface area contributed by atoms with Crippen LogP contribution in [0, 0.1) is 12.8 Å². The van der Waals surface area contributed by atoms with Gasteiger partial charge in [0.2, 0.25) is 5.91 Å². The van der Waals surface area contributed by atoms with Gasteiger partial charge in [0.05, 0.1) is 11.8 Å². The number of hydrogen-bond donors (Lipinski definition) is 1. The Morgan fingerprint density at radius 3 is 2.40 bits per heavy atom. The number of sulfone groups is 1. The van der Waals surface area contributed by atoms with Crippen LogP contribution in [0.4, 0.5) is 0 Å². The van der Waals surface area contributed by atoms with E-state index in [0.717, 1.165) is 38.8 Å². The van der Waals surface area contributed by atoms with Crippen molar-refractivity contribution in [1.29, 1.82) is 0 Å². The van der Waals surface area contributed by atoms with Crippen molar-refractivity contribution in [2.24, 2.45) is 11.7 Å². The van der Waals surface area contributed by atoms with E-state index in [-0.39, 0.29) is 18.1 Å². The summed E-state index contributed by atoms with van der Waals surface area (Å²) in [7, 11) is -3.08. The molecule has 2 N–H and O–H groups in total. The van der Waals surface area contributed by atoms with Gasteiger partial charge >= 0.3 is 0 Å². The fraction of sp³-hybridized carbons (Fsp3) is 0.632. The van der Waals surface area contributed by atoms with Crippen molar-refractivity contribution in [3.8, 4) is 0 Å². The molecule has 0 aromatic heterocycles. The monoisotopic (exact) mass is 366 g/mol. The van der Waals surface area contributed by atoms with Crippen LogP contribution in [0.25, 0.3) is 0 Å². The Balaban J connectivity index is 1.73. The minimum Gasteiger partial charge on any atom is -0.341 e. The topological polar surface area (TPSA) is 80.5 Å². The fourth-order valence-corrected chi connectivity index (χ4v) is 3.95. The van der Waals surface area contributed by atoms with Crippen molar-refractivity contribution in [3.05, 3.63) is 35.4 Å². The van der Waals surface area contributed by atoms with E-state index in [2.05, 4.69) is 31.2 Å². The molecule has 0 saturated carbocycles. The lowest BCUT2D eigenvalue weighted by molar-refractivity contribution is -0.134. The molecule has 1 fully saturated rings. The maximum Gasteiger partial charge on any atom is 0.239 e. The minimum absolute atomic E-state index is 0.0348. The summed E-state index contributed by atoms with van der Waals surface area (Å²) in [6.07, 6.45) is 5.58. The number of benzene rings is 1. The van der Waals surface area contributed by atoms with E-state index in [9.17, 15) is 13.2 Å². The number of carbonyl (C=O) groups excluding carboxylic acids is 1. The zero-order chi connectivity index (χ0) is 18.4. The lowest BCUT2D eigenvalue weighted by atomic mass is 9.90. The Kier molecular flexibility index (Phi) is 7.02. The molecule has 1 unspecified atom stereocenters. The lowest BCUT2D eigenvalue weighted by Gasteiger charge is -2.33. The van der Waals surface area contributed by atoms with E-state index in [1.54, 1.807) is 4.90 Å². The molecule has 0 radical (unpaired) electrons. The van der Waals surface area contributed by atoms with Gasteiger partial charge in [0.25, 0.3) is 0 Å². The summed E-state index contributed by atoms with van der Waals surface area (Å²) in [5, 5.41) is 0. The van der Waals surface area contributed by atoms with Gasteiger partial charge in [0.1, 0.15) is 9.84 Å². The number of piperidine rings is 1. The maximum absolute atomic E-state index is 12.3. The summed E-state index contributed by atoms with van der Waals surface area (Å²) in [6, 6.07) is 7.96. The van der Waals surface area contributed by atoms with Gasteiger partial charge in [-0.05, 0) is 50.5 Å². The van der Waals surface area contributed by atoms with E-state index >= 15 is 0 Å². The Hall–Kier alpha value is -1.40. The molecule has 2 rings (SSSR count). The van der Waals surface area contributed by atoms with Gasteiger partial charge < -0.3 is 10.6 Å². The molecule has 140 valence electrons. The minimum atomic E-state index is -3.08. The van der Waals surface area contributed by atoms with Crippen LogP contribution in [0.15, 0.2) is 24.3 Å². The SMILES string of the molecule is Cc1ccc(CCC2CCN(C(=O)C(N)CCS(C)(=O)=O)CC2)cc1. The van der Waals surface area contributed by atoms with Crippen LogP contribution < -0.4 is 5.73 Å². The Labute approximate surface area is 151 Å². The van der Waals surface area contributed by atoms with Gasteiger partial charge in [0.15, 0.2) is 0 Å². The molecule has 25 heavy (non-hydrogen) atoms. The summed E-state index contributed by atoms with van der Waals surface area (Å²) < 4.78 is 22.4. The third-order valence-corrected chi connectivity index (χ3v) is 5.98. The van der Waals surface area contributed by atoms with Gasteiger partial charge in [-0.2, -0.15) is 0 Å². The summed E-state index contributed by atoms with van der Waals surface area (Å²) in [5.74, 6) is 0.491. The summed E-state index contributed by atoms with van der Waals surface area (Å²) >= 11 is 0. The Morgan fingerprint density at radius 2 is 1.84 bits per heavy atom. The highest BCUT2D eigenvalue weighted by Gasteiger charge is 2.26. The van der Waals surface area contributed by atoms with Crippen LogP contribution in [0.2, 0.25) is 0 Å². The van der Waals surface area contributed by atoms with E-state index in [0.29, 0.717) is 5.92 Å². The first kappa shape index (κ1) is 19.9. The Morgan fingerprint density at radius 1 is 1.24 bits per heavy atom. The number of amides is 1. The molecule has 1 atom stereocenters. The number of nitrogens with two attached hydrogens (primary N) is 1. The zero-order valence-electron chi connectivity index (χ0n) is 15.3. The normalized spacial score (nSPS) is 17.5. The molecule has 1 aromatic rings. The molecule has 0 aliphatic carbocycles. The Bertz CT molecular complexity index is 662. The predicted molar refractivity (Wildman–Crippen MR) is 101 cm³/mol. The van der Waals surface area contributed by atoms with E-state index in [1.165, 1.54) is 17.4 Å². The number of nitrogens with zero attached hydrogens (tertiary/aromatic N) is 1. The second-order valence-electron chi connectivity index (χ2n) is 7.32. The number of rotatable bonds is 7. The second-order valence-corrected chi connectivity index (χ2v) is 9.58. The standard InChI is InChI=1S/C19H30N2O3S/c1-15-3-5-16(6-4-15)7-8-17-9-12-21(13-10-17)19(22)18(20)11-14-25(2,23)24/h3-6,17-18H,7-14,20H2,1-2H3. The van der Waals surface area contributed by atoms with Crippen molar-refractivity contribution >= 4 is 15.7 Å². The van der Waals surface area contributed by atoms with E-state index < -0.39 is 15.9 Å². The second kappa shape index (κ2) is 8.81. The van der Waals surface area contributed by atoms with Crippen molar-refractivity contribution in [2.75, 3.05) is 25.1 Å². The van der Waals surface area contributed by atoms with Crippen LogP contribution in [-0.2, 0) is 21.1 Å². The first-order valence-electron chi connectivity index (χ1n) is 9.02. The molecule has 0 bridgehead atoms.